The van der Waals surface area contributed by atoms with E-state index < -0.39 is 5.82 Å². The Hall–Kier alpha value is -1.39. The fourth-order valence-corrected chi connectivity index (χ4v) is 0.578. The molecular weight excluding hydrogens is 151 g/mol. The zero-order chi connectivity index (χ0) is 8.27. The molecule has 0 saturated heterocycles. The predicted octanol–water partition coefficient (Wildman–Crippen LogP) is 0.633. The molecule has 1 aromatic rings. The highest BCUT2D eigenvalue weighted by atomic mass is 19.1. The van der Waals surface area contributed by atoms with E-state index in [4.69, 9.17) is 0 Å². The summed E-state index contributed by atoms with van der Waals surface area (Å²) >= 11 is 0. The maximum absolute atomic E-state index is 12.6. The first kappa shape index (κ1) is 7.71. The Morgan fingerprint density at radius 3 is 2.64 bits per heavy atom. The Bertz CT molecular complexity index is 254. The van der Waals surface area contributed by atoms with Gasteiger partial charge in [-0.05, 0) is 0 Å². The van der Waals surface area contributed by atoms with Crippen molar-refractivity contribution in [3.8, 4) is 11.9 Å². The molecule has 5 heteroatoms. The Labute approximate surface area is 63.0 Å². The first-order valence-corrected chi connectivity index (χ1v) is 2.88. The van der Waals surface area contributed by atoms with Crippen LogP contribution in [0, 0.1) is 5.82 Å². The molecule has 0 saturated carbocycles. The molecule has 0 aromatic carbocycles. The molecule has 0 aliphatic rings. The van der Waals surface area contributed by atoms with Gasteiger partial charge in [-0.3, -0.25) is 0 Å². The van der Waals surface area contributed by atoms with Crippen LogP contribution in [0.2, 0.25) is 0 Å². The van der Waals surface area contributed by atoms with Crippen LogP contribution in [-0.2, 0) is 0 Å². The number of nitrogens with zero attached hydrogens (tertiary/aromatic N) is 2. The van der Waals surface area contributed by atoms with Crippen LogP contribution in [0.4, 0.5) is 4.39 Å². The average molecular weight is 158 g/mol. The fraction of sp³-hybridized carbons (Fsp3) is 0.333. The van der Waals surface area contributed by atoms with Crippen LogP contribution in [0.1, 0.15) is 0 Å². The average Bonchev–Trinajstić information content (AvgIpc) is 2.05. The molecule has 1 rings (SSSR count). The molecule has 4 nitrogen and oxygen atoms in total. The van der Waals surface area contributed by atoms with E-state index in [1.165, 1.54) is 14.2 Å². The van der Waals surface area contributed by atoms with Crippen molar-refractivity contribution in [1.29, 1.82) is 0 Å². The molecule has 0 N–H and O–H groups in total. The summed E-state index contributed by atoms with van der Waals surface area (Å²) in [6, 6.07) is 0.0863. The summed E-state index contributed by atoms with van der Waals surface area (Å²) in [4.78, 5) is 7.10. The van der Waals surface area contributed by atoms with Crippen molar-refractivity contribution in [2.75, 3.05) is 14.2 Å². The Kier molecular flexibility index (Phi) is 2.20. The van der Waals surface area contributed by atoms with Crippen LogP contribution in [0.5, 0.6) is 11.9 Å². The minimum Gasteiger partial charge on any atom is -0.479 e. The van der Waals surface area contributed by atoms with Gasteiger partial charge in [-0.2, -0.15) is 9.37 Å². The van der Waals surface area contributed by atoms with Gasteiger partial charge in [0.05, 0.1) is 20.4 Å². The third-order valence-electron chi connectivity index (χ3n) is 1.07. The SMILES string of the molecule is COc1ncc(F)c(OC)n1. The molecule has 0 fully saturated rings. The highest BCUT2D eigenvalue weighted by Crippen LogP contribution is 2.13. The lowest BCUT2D eigenvalue weighted by Gasteiger charge is -2.00. The minimum atomic E-state index is -0.603. The van der Waals surface area contributed by atoms with Crippen molar-refractivity contribution in [1.82, 2.24) is 9.97 Å². The first-order chi connectivity index (χ1) is 5.27. The molecule has 1 aromatic heterocycles. The van der Waals surface area contributed by atoms with E-state index in [-0.39, 0.29) is 11.9 Å². The van der Waals surface area contributed by atoms with Crippen LogP contribution < -0.4 is 9.47 Å². The van der Waals surface area contributed by atoms with Crippen molar-refractivity contribution in [3.63, 3.8) is 0 Å². The van der Waals surface area contributed by atoms with Gasteiger partial charge < -0.3 is 9.47 Å². The summed E-state index contributed by atoms with van der Waals surface area (Å²) in [7, 11) is 2.72. The van der Waals surface area contributed by atoms with Crippen LogP contribution in [0.3, 0.4) is 0 Å². The zero-order valence-electron chi connectivity index (χ0n) is 6.17. The van der Waals surface area contributed by atoms with Gasteiger partial charge in [-0.15, -0.1) is 0 Å². The summed E-state index contributed by atoms with van der Waals surface area (Å²) in [5.74, 6) is -0.717. The molecule has 0 unspecified atom stereocenters. The minimum absolute atomic E-state index is 0.0863. The third kappa shape index (κ3) is 1.54. The van der Waals surface area contributed by atoms with Gasteiger partial charge >= 0.3 is 6.01 Å². The van der Waals surface area contributed by atoms with Gasteiger partial charge in [0.1, 0.15) is 0 Å². The van der Waals surface area contributed by atoms with Crippen LogP contribution in [0.25, 0.3) is 0 Å². The second-order valence-electron chi connectivity index (χ2n) is 1.71. The molecule has 0 spiro atoms. The van der Waals surface area contributed by atoms with Crippen LogP contribution in [-0.4, -0.2) is 24.2 Å². The summed E-state index contributed by atoms with van der Waals surface area (Å²) < 4.78 is 21.8. The van der Waals surface area contributed by atoms with Gasteiger partial charge in [0.25, 0.3) is 5.88 Å². The largest absolute Gasteiger partial charge is 0.479 e. The molecular formula is C6H7FN2O2. The molecule has 11 heavy (non-hydrogen) atoms. The number of hydrogen-bond donors (Lipinski definition) is 0. The maximum Gasteiger partial charge on any atom is 0.319 e. The number of rotatable bonds is 2. The zero-order valence-corrected chi connectivity index (χ0v) is 6.17. The lowest BCUT2D eigenvalue weighted by atomic mass is 10.6. The molecule has 0 amide bonds. The number of methoxy groups -OCH3 is 2. The molecule has 0 aliphatic carbocycles. The normalized spacial score (nSPS) is 9.36. The molecule has 1 heterocycles. The monoisotopic (exact) mass is 158 g/mol. The molecule has 0 radical (unpaired) electrons. The van der Waals surface area contributed by atoms with E-state index in [9.17, 15) is 4.39 Å². The van der Waals surface area contributed by atoms with E-state index in [1.54, 1.807) is 0 Å². The molecule has 60 valence electrons. The third-order valence-corrected chi connectivity index (χ3v) is 1.07. The lowest BCUT2D eigenvalue weighted by molar-refractivity contribution is 0.333. The molecule has 0 atom stereocenters. The van der Waals surface area contributed by atoms with Crippen molar-refractivity contribution in [2.45, 2.75) is 0 Å². The van der Waals surface area contributed by atoms with E-state index in [2.05, 4.69) is 19.4 Å². The smallest absolute Gasteiger partial charge is 0.319 e. The summed E-state index contributed by atoms with van der Waals surface area (Å²) in [5, 5.41) is 0. The second-order valence-corrected chi connectivity index (χ2v) is 1.71. The van der Waals surface area contributed by atoms with Crippen molar-refractivity contribution < 1.29 is 13.9 Å². The quantitative estimate of drug-likeness (QED) is 0.633. The summed E-state index contributed by atoms with van der Waals surface area (Å²) in [6.07, 6.45) is 0.991. The van der Waals surface area contributed by atoms with E-state index in [0.717, 1.165) is 6.20 Å². The van der Waals surface area contributed by atoms with Gasteiger partial charge in [0.15, 0.2) is 0 Å². The Balaban J connectivity index is 3.02. The van der Waals surface area contributed by atoms with Crippen molar-refractivity contribution in [3.05, 3.63) is 12.0 Å². The summed E-state index contributed by atoms with van der Waals surface area (Å²) in [5.41, 5.74) is 0. The fourth-order valence-electron chi connectivity index (χ4n) is 0.578. The Morgan fingerprint density at radius 1 is 1.36 bits per heavy atom. The number of hydrogen-bond acceptors (Lipinski definition) is 4. The molecule has 0 bridgehead atoms. The van der Waals surface area contributed by atoms with Gasteiger partial charge in [-0.1, -0.05) is 0 Å². The van der Waals surface area contributed by atoms with Crippen LogP contribution in [0.15, 0.2) is 6.20 Å². The topological polar surface area (TPSA) is 44.2 Å². The van der Waals surface area contributed by atoms with E-state index in [1.807, 2.05) is 0 Å². The van der Waals surface area contributed by atoms with E-state index in [0.29, 0.717) is 0 Å². The summed E-state index contributed by atoms with van der Waals surface area (Å²) in [6.45, 7) is 0. The van der Waals surface area contributed by atoms with Gasteiger partial charge in [0, 0.05) is 0 Å². The number of halogens is 1. The highest BCUT2D eigenvalue weighted by molar-refractivity contribution is 5.13. The first-order valence-electron chi connectivity index (χ1n) is 2.88. The number of ether oxygens (including phenoxy) is 2. The Morgan fingerprint density at radius 2 is 2.09 bits per heavy atom. The highest BCUT2D eigenvalue weighted by Gasteiger charge is 2.05. The standard InChI is InChI=1S/C6H7FN2O2/c1-10-5-4(7)3-8-6(9-5)11-2/h3H,1-2H3. The van der Waals surface area contributed by atoms with Crippen LogP contribution >= 0.6 is 0 Å². The van der Waals surface area contributed by atoms with Crippen molar-refractivity contribution >= 4 is 0 Å². The molecule has 0 aliphatic heterocycles. The van der Waals surface area contributed by atoms with E-state index >= 15 is 0 Å². The lowest BCUT2D eigenvalue weighted by Crippen LogP contribution is -1.97. The second kappa shape index (κ2) is 3.14. The van der Waals surface area contributed by atoms with Crippen molar-refractivity contribution in [2.24, 2.45) is 0 Å². The van der Waals surface area contributed by atoms with Gasteiger partial charge in [0.2, 0.25) is 5.82 Å². The van der Waals surface area contributed by atoms with Gasteiger partial charge in [-0.25, -0.2) is 4.98 Å². The maximum atomic E-state index is 12.6. The number of aromatic nitrogens is 2. The predicted molar refractivity (Wildman–Crippen MR) is 35.1 cm³/mol.